The molecule has 1 fully saturated rings. The van der Waals surface area contributed by atoms with Crippen molar-refractivity contribution < 1.29 is 9.59 Å². The maximum absolute atomic E-state index is 12.2. The second-order valence-electron chi connectivity index (χ2n) is 6.37. The van der Waals surface area contributed by atoms with Crippen LogP contribution in [0.4, 0.5) is 5.69 Å². The molecule has 0 radical (unpaired) electrons. The van der Waals surface area contributed by atoms with Crippen LogP contribution in [0.3, 0.4) is 0 Å². The first-order valence-electron chi connectivity index (χ1n) is 8.15. The fraction of sp³-hybridized carbons (Fsp3) is 0.556. The standard InChI is InChI=1S/C18H26N2O2/c1-14-8-10-16(11-9-14)19-17(21)13-20(2)18(22)12-15-6-4-3-5-7-15/h8-11,15H,3-7,12-13H2,1-2H3,(H,19,21). The molecule has 2 amide bonds. The van der Waals surface area contributed by atoms with Crippen LogP contribution in [0.1, 0.15) is 44.1 Å². The van der Waals surface area contributed by atoms with Crippen LogP contribution in [0.5, 0.6) is 0 Å². The summed E-state index contributed by atoms with van der Waals surface area (Å²) < 4.78 is 0. The van der Waals surface area contributed by atoms with Crippen LogP contribution in [0, 0.1) is 12.8 Å². The number of hydrogen-bond donors (Lipinski definition) is 1. The fourth-order valence-corrected chi connectivity index (χ4v) is 2.94. The smallest absolute Gasteiger partial charge is 0.243 e. The molecule has 4 nitrogen and oxygen atoms in total. The van der Waals surface area contributed by atoms with Gasteiger partial charge in [0.05, 0.1) is 6.54 Å². The summed E-state index contributed by atoms with van der Waals surface area (Å²) in [5.41, 5.74) is 1.92. The number of amides is 2. The molecule has 0 bridgehead atoms. The highest BCUT2D eigenvalue weighted by atomic mass is 16.2. The van der Waals surface area contributed by atoms with Crippen LogP contribution in [0.15, 0.2) is 24.3 Å². The Hall–Kier alpha value is -1.84. The van der Waals surface area contributed by atoms with Gasteiger partial charge in [-0.25, -0.2) is 0 Å². The Morgan fingerprint density at radius 3 is 2.41 bits per heavy atom. The Morgan fingerprint density at radius 1 is 1.14 bits per heavy atom. The lowest BCUT2D eigenvalue weighted by atomic mass is 9.87. The second-order valence-corrected chi connectivity index (χ2v) is 6.37. The zero-order valence-electron chi connectivity index (χ0n) is 13.6. The number of benzene rings is 1. The first-order chi connectivity index (χ1) is 10.5. The molecule has 0 atom stereocenters. The number of anilines is 1. The van der Waals surface area contributed by atoms with Crippen LogP contribution >= 0.6 is 0 Å². The summed E-state index contributed by atoms with van der Waals surface area (Å²) in [6, 6.07) is 7.65. The van der Waals surface area contributed by atoms with E-state index in [9.17, 15) is 9.59 Å². The predicted molar refractivity (Wildman–Crippen MR) is 88.6 cm³/mol. The molecule has 1 aromatic rings. The maximum atomic E-state index is 12.2. The lowest BCUT2D eigenvalue weighted by Crippen LogP contribution is -2.36. The van der Waals surface area contributed by atoms with Gasteiger partial charge in [0.25, 0.3) is 0 Å². The van der Waals surface area contributed by atoms with E-state index in [0.717, 1.165) is 24.1 Å². The number of carbonyl (C=O) groups excluding carboxylic acids is 2. The van der Waals surface area contributed by atoms with Crippen molar-refractivity contribution in [1.82, 2.24) is 4.90 Å². The summed E-state index contributed by atoms with van der Waals surface area (Å²) in [6.07, 6.45) is 6.63. The highest BCUT2D eigenvalue weighted by Crippen LogP contribution is 2.26. The maximum Gasteiger partial charge on any atom is 0.243 e. The Bertz CT molecular complexity index is 504. The zero-order valence-corrected chi connectivity index (χ0v) is 13.6. The minimum atomic E-state index is -0.150. The van der Waals surface area contributed by atoms with Gasteiger partial charge in [0.15, 0.2) is 0 Å². The van der Waals surface area contributed by atoms with E-state index in [-0.39, 0.29) is 18.4 Å². The lowest BCUT2D eigenvalue weighted by Gasteiger charge is -2.24. The van der Waals surface area contributed by atoms with E-state index >= 15 is 0 Å². The highest BCUT2D eigenvalue weighted by molar-refractivity contribution is 5.94. The highest BCUT2D eigenvalue weighted by Gasteiger charge is 2.20. The minimum Gasteiger partial charge on any atom is -0.336 e. The van der Waals surface area contributed by atoms with Gasteiger partial charge in [-0.1, -0.05) is 37.0 Å². The van der Waals surface area contributed by atoms with E-state index in [4.69, 9.17) is 0 Å². The summed E-state index contributed by atoms with van der Waals surface area (Å²) in [7, 11) is 1.71. The van der Waals surface area contributed by atoms with Gasteiger partial charge in [-0.05, 0) is 37.8 Å². The number of hydrogen-bond acceptors (Lipinski definition) is 2. The van der Waals surface area contributed by atoms with Gasteiger partial charge in [0.1, 0.15) is 0 Å². The molecule has 22 heavy (non-hydrogen) atoms. The van der Waals surface area contributed by atoms with E-state index in [0.29, 0.717) is 12.3 Å². The van der Waals surface area contributed by atoms with Crippen LogP contribution in [-0.4, -0.2) is 30.3 Å². The Kier molecular flexibility index (Phi) is 5.99. The molecule has 0 heterocycles. The van der Waals surface area contributed by atoms with Crippen molar-refractivity contribution in [1.29, 1.82) is 0 Å². The molecular formula is C18H26N2O2. The second kappa shape index (κ2) is 7.97. The Morgan fingerprint density at radius 2 is 1.77 bits per heavy atom. The van der Waals surface area contributed by atoms with Crippen LogP contribution < -0.4 is 5.32 Å². The average molecular weight is 302 g/mol. The Balaban J connectivity index is 1.77. The molecular weight excluding hydrogens is 276 g/mol. The first kappa shape index (κ1) is 16.5. The largest absolute Gasteiger partial charge is 0.336 e. The van der Waals surface area contributed by atoms with Crippen molar-refractivity contribution in [3.63, 3.8) is 0 Å². The van der Waals surface area contributed by atoms with E-state index in [1.807, 2.05) is 31.2 Å². The van der Waals surface area contributed by atoms with Gasteiger partial charge in [0, 0.05) is 19.2 Å². The summed E-state index contributed by atoms with van der Waals surface area (Å²) in [5, 5.41) is 2.83. The number of aryl methyl sites for hydroxylation is 1. The number of carbonyl (C=O) groups is 2. The molecule has 0 aliphatic heterocycles. The molecule has 0 spiro atoms. The monoisotopic (exact) mass is 302 g/mol. The molecule has 2 rings (SSSR count). The van der Waals surface area contributed by atoms with Crippen molar-refractivity contribution in [2.45, 2.75) is 45.4 Å². The van der Waals surface area contributed by atoms with Crippen molar-refractivity contribution in [2.75, 3.05) is 18.9 Å². The summed E-state index contributed by atoms with van der Waals surface area (Å²) in [6.45, 7) is 2.11. The van der Waals surface area contributed by atoms with Crippen molar-refractivity contribution >= 4 is 17.5 Å². The van der Waals surface area contributed by atoms with Gasteiger partial charge in [0.2, 0.25) is 11.8 Å². The topological polar surface area (TPSA) is 49.4 Å². The van der Waals surface area contributed by atoms with E-state index in [1.54, 1.807) is 7.05 Å². The third kappa shape index (κ3) is 5.17. The molecule has 4 heteroatoms. The average Bonchev–Trinajstić information content (AvgIpc) is 2.50. The lowest BCUT2D eigenvalue weighted by molar-refractivity contribution is -0.134. The van der Waals surface area contributed by atoms with Gasteiger partial charge in [-0.3, -0.25) is 9.59 Å². The first-order valence-corrected chi connectivity index (χ1v) is 8.15. The molecule has 1 aliphatic rings. The van der Waals surface area contributed by atoms with Crippen LogP contribution in [0.25, 0.3) is 0 Å². The molecule has 1 aromatic carbocycles. The van der Waals surface area contributed by atoms with Gasteiger partial charge < -0.3 is 10.2 Å². The molecule has 0 aromatic heterocycles. The SMILES string of the molecule is Cc1ccc(NC(=O)CN(C)C(=O)CC2CCCCC2)cc1. The minimum absolute atomic E-state index is 0.0750. The summed E-state index contributed by atoms with van der Waals surface area (Å²) in [5.74, 6) is 0.429. The van der Waals surface area contributed by atoms with Crippen LogP contribution in [-0.2, 0) is 9.59 Å². The molecule has 1 saturated carbocycles. The molecule has 0 unspecified atom stereocenters. The van der Waals surface area contributed by atoms with Gasteiger partial charge >= 0.3 is 0 Å². The third-order valence-electron chi connectivity index (χ3n) is 4.33. The number of nitrogens with zero attached hydrogens (tertiary/aromatic N) is 1. The van der Waals surface area contributed by atoms with Crippen molar-refractivity contribution in [3.8, 4) is 0 Å². The van der Waals surface area contributed by atoms with Gasteiger partial charge in [-0.2, -0.15) is 0 Å². The molecule has 120 valence electrons. The van der Waals surface area contributed by atoms with Crippen LogP contribution in [0.2, 0.25) is 0 Å². The number of likely N-dealkylation sites (N-methyl/N-ethyl adjacent to an activating group) is 1. The normalized spacial score (nSPS) is 15.4. The summed E-state index contributed by atoms with van der Waals surface area (Å²) >= 11 is 0. The predicted octanol–water partition coefficient (Wildman–Crippen LogP) is 3.36. The molecule has 0 saturated heterocycles. The number of nitrogens with one attached hydrogen (secondary N) is 1. The molecule has 1 aliphatic carbocycles. The Labute approximate surface area is 132 Å². The number of rotatable bonds is 5. The van der Waals surface area contributed by atoms with E-state index in [1.165, 1.54) is 24.2 Å². The quantitative estimate of drug-likeness (QED) is 0.906. The third-order valence-corrected chi connectivity index (χ3v) is 4.33. The van der Waals surface area contributed by atoms with Gasteiger partial charge in [-0.15, -0.1) is 0 Å². The summed E-state index contributed by atoms with van der Waals surface area (Å²) in [4.78, 5) is 25.7. The van der Waals surface area contributed by atoms with E-state index < -0.39 is 0 Å². The fourth-order valence-electron chi connectivity index (χ4n) is 2.94. The molecule has 1 N–H and O–H groups in total. The van der Waals surface area contributed by atoms with Crippen molar-refractivity contribution in [3.05, 3.63) is 29.8 Å². The van der Waals surface area contributed by atoms with Crippen molar-refractivity contribution in [2.24, 2.45) is 5.92 Å². The van der Waals surface area contributed by atoms with E-state index in [2.05, 4.69) is 5.32 Å². The zero-order chi connectivity index (χ0) is 15.9.